The predicted molar refractivity (Wildman–Crippen MR) is 108 cm³/mol. The highest BCUT2D eigenvalue weighted by molar-refractivity contribution is 7.91. The van der Waals surface area contributed by atoms with Gasteiger partial charge in [-0.3, -0.25) is 4.79 Å². The van der Waals surface area contributed by atoms with E-state index in [9.17, 15) is 13.2 Å². The molecule has 1 amide bonds. The summed E-state index contributed by atoms with van der Waals surface area (Å²) in [6, 6.07) is 5.32. The van der Waals surface area contributed by atoms with Crippen molar-refractivity contribution in [3.05, 3.63) is 39.5 Å². The molecule has 2 aromatic rings. The second-order valence-corrected chi connectivity index (χ2v) is 10.9. The molecule has 0 atom stereocenters. The number of amides is 1. The molecule has 3 rings (SSSR count). The molecule has 1 aliphatic heterocycles. The summed E-state index contributed by atoms with van der Waals surface area (Å²) in [5, 5.41) is 0. The van der Waals surface area contributed by atoms with Crippen LogP contribution in [0.2, 0.25) is 4.34 Å². The summed E-state index contributed by atoms with van der Waals surface area (Å²) in [6.45, 7) is 9.47. The van der Waals surface area contributed by atoms with E-state index in [0.717, 1.165) is 22.7 Å². The maximum absolute atomic E-state index is 13.0. The number of thiophene rings is 1. The second kappa shape index (κ2) is 7.58. The van der Waals surface area contributed by atoms with Crippen molar-refractivity contribution in [2.45, 2.75) is 37.9 Å². The van der Waals surface area contributed by atoms with Crippen molar-refractivity contribution in [2.75, 3.05) is 26.2 Å². The lowest BCUT2D eigenvalue weighted by Crippen LogP contribution is -2.50. The van der Waals surface area contributed by atoms with E-state index in [1.165, 1.54) is 10.4 Å². The fourth-order valence-corrected chi connectivity index (χ4v) is 6.71. The minimum Gasteiger partial charge on any atom is -0.346 e. The normalized spacial score (nSPS) is 16.3. The molecule has 1 saturated heterocycles. The van der Waals surface area contributed by atoms with Crippen LogP contribution in [-0.4, -0.2) is 54.3 Å². The quantitative estimate of drug-likeness (QED) is 0.746. The molecule has 0 aromatic carbocycles. The Balaban J connectivity index is 1.73. The minimum atomic E-state index is -3.55. The largest absolute Gasteiger partial charge is 0.346 e. The van der Waals surface area contributed by atoms with Gasteiger partial charge in [-0.25, -0.2) is 8.42 Å². The van der Waals surface area contributed by atoms with E-state index in [-0.39, 0.29) is 29.2 Å². The zero-order valence-electron chi connectivity index (χ0n) is 15.9. The number of aryl methyl sites for hydroxylation is 1. The van der Waals surface area contributed by atoms with Crippen LogP contribution in [0.15, 0.2) is 22.4 Å². The van der Waals surface area contributed by atoms with Crippen LogP contribution in [0, 0.1) is 13.8 Å². The Morgan fingerprint density at radius 2 is 1.78 bits per heavy atom. The first kappa shape index (κ1) is 20.4. The van der Waals surface area contributed by atoms with E-state index in [1.54, 1.807) is 11.0 Å². The van der Waals surface area contributed by atoms with Crippen LogP contribution >= 0.6 is 22.9 Å². The van der Waals surface area contributed by atoms with Gasteiger partial charge in [0.25, 0.3) is 15.9 Å². The first-order chi connectivity index (χ1) is 12.6. The number of halogens is 1. The molecule has 0 bridgehead atoms. The van der Waals surface area contributed by atoms with Gasteiger partial charge in [0.05, 0.1) is 9.90 Å². The number of hydrogen-bond donors (Lipinski definition) is 0. The number of aromatic nitrogens is 1. The number of rotatable bonds is 4. The lowest BCUT2D eigenvalue weighted by atomic mass is 10.2. The van der Waals surface area contributed by atoms with Gasteiger partial charge < -0.3 is 9.47 Å². The van der Waals surface area contributed by atoms with Gasteiger partial charge in [-0.05, 0) is 45.9 Å². The molecule has 148 valence electrons. The first-order valence-corrected chi connectivity index (χ1v) is 11.5. The average Bonchev–Trinajstić information content (AvgIpc) is 3.18. The van der Waals surface area contributed by atoms with Gasteiger partial charge >= 0.3 is 0 Å². The van der Waals surface area contributed by atoms with Crippen LogP contribution in [0.25, 0.3) is 0 Å². The maximum Gasteiger partial charge on any atom is 0.255 e. The SMILES string of the molecule is Cc1cc(C(=O)N2CCN(S(=O)(=O)c3ccc(Cl)s3)CC2)c(C)n1C(C)C. The second-order valence-electron chi connectivity index (χ2n) is 7.00. The van der Waals surface area contributed by atoms with E-state index >= 15 is 0 Å². The van der Waals surface area contributed by atoms with Crippen molar-refractivity contribution in [3.63, 3.8) is 0 Å². The maximum atomic E-state index is 13.0. The summed E-state index contributed by atoms with van der Waals surface area (Å²) < 4.78 is 29.7. The fraction of sp³-hybridized carbons (Fsp3) is 0.500. The highest BCUT2D eigenvalue weighted by Crippen LogP contribution is 2.29. The fourth-order valence-electron chi connectivity index (χ4n) is 3.65. The molecule has 9 heteroatoms. The molecule has 1 aliphatic rings. The topological polar surface area (TPSA) is 62.6 Å². The van der Waals surface area contributed by atoms with Crippen LogP contribution in [0.1, 0.15) is 41.6 Å². The van der Waals surface area contributed by atoms with Gasteiger partial charge in [0, 0.05) is 43.6 Å². The molecule has 0 aliphatic carbocycles. The Hall–Kier alpha value is -1.35. The Morgan fingerprint density at radius 1 is 1.15 bits per heavy atom. The molecule has 0 saturated carbocycles. The van der Waals surface area contributed by atoms with E-state index < -0.39 is 10.0 Å². The highest BCUT2D eigenvalue weighted by atomic mass is 35.5. The summed E-state index contributed by atoms with van der Waals surface area (Å²) in [4.78, 5) is 14.7. The molecule has 0 N–H and O–H groups in total. The van der Waals surface area contributed by atoms with Crippen molar-refractivity contribution in [3.8, 4) is 0 Å². The van der Waals surface area contributed by atoms with E-state index in [1.807, 2.05) is 19.9 Å². The van der Waals surface area contributed by atoms with Gasteiger partial charge in [0.15, 0.2) is 0 Å². The first-order valence-electron chi connectivity index (χ1n) is 8.86. The van der Waals surface area contributed by atoms with E-state index in [2.05, 4.69) is 18.4 Å². The molecular weight excluding hydrogens is 406 g/mol. The Morgan fingerprint density at radius 3 is 2.26 bits per heavy atom. The molecule has 1 fully saturated rings. The predicted octanol–water partition coefficient (Wildman–Crippen LogP) is 3.55. The number of nitrogens with zero attached hydrogens (tertiary/aromatic N) is 3. The highest BCUT2D eigenvalue weighted by Gasteiger charge is 2.32. The minimum absolute atomic E-state index is 0.0359. The van der Waals surface area contributed by atoms with Gasteiger partial charge in [-0.1, -0.05) is 11.6 Å². The molecule has 0 unspecified atom stereocenters. The van der Waals surface area contributed by atoms with Crippen LogP contribution in [0.4, 0.5) is 0 Å². The zero-order valence-corrected chi connectivity index (χ0v) is 18.3. The average molecular weight is 430 g/mol. The van der Waals surface area contributed by atoms with Gasteiger partial charge in [0.1, 0.15) is 4.21 Å². The van der Waals surface area contributed by atoms with Crippen LogP contribution < -0.4 is 0 Å². The van der Waals surface area contributed by atoms with Crippen molar-refractivity contribution in [1.82, 2.24) is 13.8 Å². The number of hydrogen-bond acceptors (Lipinski definition) is 4. The Kier molecular flexibility index (Phi) is 5.72. The van der Waals surface area contributed by atoms with Crippen LogP contribution in [0.5, 0.6) is 0 Å². The molecule has 3 heterocycles. The standard InChI is InChI=1S/C18H24ClN3O3S2/c1-12(2)22-13(3)11-15(14(22)4)18(23)20-7-9-21(10-8-20)27(24,25)17-6-5-16(19)26-17/h5-6,11-12H,7-10H2,1-4H3. The van der Waals surface area contributed by atoms with Crippen LogP contribution in [-0.2, 0) is 10.0 Å². The van der Waals surface area contributed by atoms with Crippen molar-refractivity contribution >= 4 is 38.9 Å². The third-order valence-electron chi connectivity index (χ3n) is 4.90. The lowest BCUT2D eigenvalue weighted by Gasteiger charge is -2.33. The van der Waals surface area contributed by atoms with Gasteiger partial charge in [0.2, 0.25) is 0 Å². The monoisotopic (exact) mass is 429 g/mol. The van der Waals surface area contributed by atoms with E-state index in [0.29, 0.717) is 23.0 Å². The summed E-state index contributed by atoms with van der Waals surface area (Å²) in [5.41, 5.74) is 2.71. The molecular formula is C18H24ClN3O3S2. The number of carbonyl (C=O) groups is 1. The third-order valence-corrected chi connectivity index (χ3v) is 8.50. The summed E-state index contributed by atoms with van der Waals surface area (Å²) in [5.74, 6) is -0.0359. The molecule has 2 aromatic heterocycles. The van der Waals surface area contributed by atoms with Crippen molar-refractivity contribution < 1.29 is 13.2 Å². The van der Waals surface area contributed by atoms with Crippen LogP contribution in [0.3, 0.4) is 0 Å². The Bertz CT molecular complexity index is 955. The summed E-state index contributed by atoms with van der Waals surface area (Å²) in [6.07, 6.45) is 0. The molecule has 27 heavy (non-hydrogen) atoms. The van der Waals surface area contributed by atoms with E-state index in [4.69, 9.17) is 11.6 Å². The lowest BCUT2D eigenvalue weighted by molar-refractivity contribution is 0.0697. The van der Waals surface area contributed by atoms with Crippen molar-refractivity contribution in [2.24, 2.45) is 0 Å². The summed E-state index contributed by atoms with van der Waals surface area (Å²) >= 11 is 6.92. The van der Waals surface area contributed by atoms with Crippen molar-refractivity contribution in [1.29, 1.82) is 0 Å². The van der Waals surface area contributed by atoms with Gasteiger partial charge in [-0.15, -0.1) is 11.3 Å². The Labute approximate surface area is 169 Å². The van der Waals surface area contributed by atoms with Gasteiger partial charge in [-0.2, -0.15) is 4.31 Å². The molecule has 0 radical (unpaired) electrons. The number of sulfonamides is 1. The third kappa shape index (κ3) is 3.81. The zero-order chi connectivity index (χ0) is 19.9. The summed E-state index contributed by atoms with van der Waals surface area (Å²) in [7, 11) is -3.55. The number of carbonyl (C=O) groups excluding carboxylic acids is 1. The molecule has 6 nitrogen and oxygen atoms in total. The molecule has 0 spiro atoms. The number of piperazine rings is 1. The smallest absolute Gasteiger partial charge is 0.255 e.